The molecule has 0 saturated heterocycles. The van der Waals surface area contributed by atoms with Crippen LogP contribution in [0.4, 0.5) is 0 Å². The molecule has 3 heteroatoms. The van der Waals surface area contributed by atoms with E-state index >= 15 is 0 Å². The Balaban J connectivity index is 2.94. The summed E-state index contributed by atoms with van der Waals surface area (Å²) in [6, 6.07) is 5.96. The standard InChI is InChI=1S/C8H6BrNO/c1-5-3-2-4-6-7(5)11-10-8(6)9/h2-4H,1H3. The molecular weight excluding hydrogens is 206 g/mol. The first kappa shape index (κ1) is 6.85. The Morgan fingerprint density at radius 3 is 3.00 bits per heavy atom. The number of aromatic nitrogens is 1. The van der Waals surface area contributed by atoms with Gasteiger partial charge < -0.3 is 4.52 Å². The quantitative estimate of drug-likeness (QED) is 0.670. The summed E-state index contributed by atoms with van der Waals surface area (Å²) in [5.74, 6) is 0. The number of hydrogen-bond acceptors (Lipinski definition) is 2. The van der Waals surface area contributed by atoms with Crippen LogP contribution in [-0.2, 0) is 0 Å². The third-order valence-electron chi connectivity index (χ3n) is 1.65. The van der Waals surface area contributed by atoms with E-state index in [9.17, 15) is 0 Å². The Bertz CT molecular complexity index is 394. The molecule has 0 aliphatic rings. The number of benzene rings is 1. The van der Waals surface area contributed by atoms with Gasteiger partial charge in [0.2, 0.25) is 0 Å². The van der Waals surface area contributed by atoms with Crippen LogP contribution < -0.4 is 0 Å². The molecule has 0 fully saturated rings. The Morgan fingerprint density at radius 1 is 1.45 bits per heavy atom. The SMILES string of the molecule is Cc1cccc2c(Br)noc12. The predicted molar refractivity (Wildman–Crippen MR) is 46.4 cm³/mol. The average Bonchev–Trinajstić information content (AvgIpc) is 2.35. The van der Waals surface area contributed by atoms with E-state index in [1.54, 1.807) is 0 Å². The van der Waals surface area contributed by atoms with Crippen molar-refractivity contribution in [3.05, 3.63) is 28.4 Å². The summed E-state index contributed by atoms with van der Waals surface area (Å²) in [6.45, 7) is 2.00. The van der Waals surface area contributed by atoms with E-state index in [-0.39, 0.29) is 0 Å². The molecule has 0 saturated carbocycles. The summed E-state index contributed by atoms with van der Waals surface area (Å²) in [6.07, 6.45) is 0. The van der Waals surface area contributed by atoms with Gasteiger partial charge >= 0.3 is 0 Å². The van der Waals surface area contributed by atoms with Gasteiger partial charge in [-0.05, 0) is 34.5 Å². The van der Waals surface area contributed by atoms with Gasteiger partial charge in [-0.15, -0.1) is 0 Å². The highest BCUT2D eigenvalue weighted by atomic mass is 79.9. The van der Waals surface area contributed by atoms with Gasteiger partial charge in [0.15, 0.2) is 10.2 Å². The lowest BCUT2D eigenvalue weighted by molar-refractivity contribution is 0.450. The van der Waals surface area contributed by atoms with Crippen LogP contribution in [0.15, 0.2) is 27.3 Å². The van der Waals surface area contributed by atoms with Gasteiger partial charge in [0.05, 0.1) is 5.39 Å². The summed E-state index contributed by atoms with van der Waals surface area (Å²) in [4.78, 5) is 0. The molecule has 0 bridgehead atoms. The minimum atomic E-state index is 0.774. The summed E-state index contributed by atoms with van der Waals surface area (Å²) in [5, 5.41) is 4.83. The maximum Gasteiger partial charge on any atom is 0.170 e. The van der Waals surface area contributed by atoms with Gasteiger partial charge in [-0.1, -0.05) is 17.3 Å². The molecule has 0 radical (unpaired) electrons. The molecule has 56 valence electrons. The fourth-order valence-electron chi connectivity index (χ4n) is 1.07. The van der Waals surface area contributed by atoms with Crippen LogP contribution in [0.1, 0.15) is 5.56 Å². The molecule has 2 aromatic rings. The molecule has 0 spiro atoms. The van der Waals surface area contributed by atoms with Crippen molar-refractivity contribution >= 4 is 26.9 Å². The first-order valence-electron chi connectivity index (χ1n) is 3.29. The van der Waals surface area contributed by atoms with Gasteiger partial charge in [0.1, 0.15) is 0 Å². The van der Waals surface area contributed by atoms with Crippen LogP contribution in [0.2, 0.25) is 0 Å². The smallest absolute Gasteiger partial charge is 0.170 e. The lowest BCUT2D eigenvalue weighted by atomic mass is 10.2. The molecule has 11 heavy (non-hydrogen) atoms. The van der Waals surface area contributed by atoms with Crippen molar-refractivity contribution in [2.75, 3.05) is 0 Å². The van der Waals surface area contributed by atoms with Crippen molar-refractivity contribution in [2.45, 2.75) is 6.92 Å². The highest BCUT2D eigenvalue weighted by Gasteiger charge is 2.05. The first-order chi connectivity index (χ1) is 5.29. The molecule has 1 heterocycles. The Labute approximate surface area is 72.3 Å². The molecule has 1 aromatic heterocycles. The first-order valence-corrected chi connectivity index (χ1v) is 4.09. The number of aryl methyl sites for hydroxylation is 1. The second-order valence-electron chi connectivity index (χ2n) is 2.42. The van der Waals surface area contributed by atoms with Crippen molar-refractivity contribution in [1.82, 2.24) is 5.16 Å². The fourth-order valence-corrected chi connectivity index (χ4v) is 1.46. The van der Waals surface area contributed by atoms with Gasteiger partial charge in [0, 0.05) is 0 Å². The zero-order chi connectivity index (χ0) is 7.84. The minimum Gasteiger partial charge on any atom is -0.355 e. The van der Waals surface area contributed by atoms with Crippen LogP contribution >= 0.6 is 15.9 Å². The van der Waals surface area contributed by atoms with Crippen LogP contribution in [-0.4, -0.2) is 5.16 Å². The summed E-state index contributed by atoms with van der Waals surface area (Å²) in [5.41, 5.74) is 1.97. The number of rotatable bonds is 0. The van der Waals surface area contributed by atoms with Gasteiger partial charge in [0.25, 0.3) is 0 Å². The zero-order valence-corrected chi connectivity index (χ0v) is 7.55. The van der Waals surface area contributed by atoms with Gasteiger partial charge in [-0.2, -0.15) is 0 Å². The molecule has 2 rings (SSSR count). The van der Waals surface area contributed by atoms with Crippen LogP contribution in [0.25, 0.3) is 11.0 Å². The highest BCUT2D eigenvalue weighted by Crippen LogP contribution is 2.24. The van der Waals surface area contributed by atoms with Crippen LogP contribution in [0.3, 0.4) is 0 Å². The van der Waals surface area contributed by atoms with Crippen molar-refractivity contribution < 1.29 is 4.52 Å². The maximum absolute atomic E-state index is 5.08. The van der Waals surface area contributed by atoms with Gasteiger partial charge in [-0.3, -0.25) is 0 Å². The van der Waals surface area contributed by atoms with Crippen molar-refractivity contribution in [1.29, 1.82) is 0 Å². The van der Waals surface area contributed by atoms with E-state index in [1.807, 2.05) is 25.1 Å². The van der Waals surface area contributed by atoms with E-state index in [0.29, 0.717) is 0 Å². The molecule has 0 atom stereocenters. The van der Waals surface area contributed by atoms with E-state index < -0.39 is 0 Å². The number of nitrogens with zero attached hydrogens (tertiary/aromatic N) is 1. The molecule has 0 aliphatic carbocycles. The second-order valence-corrected chi connectivity index (χ2v) is 3.18. The third kappa shape index (κ3) is 0.959. The lowest BCUT2D eigenvalue weighted by Gasteiger charge is -1.89. The maximum atomic E-state index is 5.08. The van der Waals surface area contributed by atoms with E-state index in [2.05, 4.69) is 21.1 Å². The molecule has 1 aromatic carbocycles. The van der Waals surface area contributed by atoms with Crippen LogP contribution in [0.5, 0.6) is 0 Å². The minimum absolute atomic E-state index is 0.774. The summed E-state index contributed by atoms with van der Waals surface area (Å²) < 4.78 is 5.86. The lowest BCUT2D eigenvalue weighted by Crippen LogP contribution is -1.70. The molecule has 2 nitrogen and oxygen atoms in total. The molecule has 0 amide bonds. The molecule has 0 N–H and O–H groups in total. The molecule has 0 aliphatic heterocycles. The van der Waals surface area contributed by atoms with E-state index in [4.69, 9.17) is 4.52 Å². The molecular formula is C8H6BrNO. The van der Waals surface area contributed by atoms with Crippen molar-refractivity contribution in [3.8, 4) is 0 Å². The monoisotopic (exact) mass is 211 g/mol. The number of fused-ring (bicyclic) bond motifs is 1. The number of halogens is 1. The second kappa shape index (κ2) is 2.34. The zero-order valence-electron chi connectivity index (χ0n) is 5.97. The topological polar surface area (TPSA) is 26.0 Å². The Morgan fingerprint density at radius 2 is 2.27 bits per heavy atom. The summed E-state index contributed by atoms with van der Waals surface area (Å²) in [7, 11) is 0. The number of hydrogen-bond donors (Lipinski definition) is 0. The van der Waals surface area contributed by atoms with Crippen LogP contribution in [0, 0.1) is 6.92 Å². The predicted octanol–water partition coefficient (Wildman–Crippen LogP) is 2.90. The normalized spacial score (nSPS) is 10.7. The van der Waals surface area contributed by atoms with Gasteiger partial charge in [-0.25, -0.2) is 0 Å². The Hall–Kier alpha value is -0.830. The van der Waals surface area contributed by atoms with Crippen molar-refractivity contribution in [2.24, 2.45) is 0 Å². The van der Waals surface area contributed by atoms with Crippen molar-refractivity contribution in [3.63, 3.8) is 0 Å². The largest absolute Gasteiger partial charge is 0.355 e. The Kier molecular flexibility index (Phi) is 1.46. The third-order valence-corrected chi connectivity index (χ3v) is 2.22. The fraction of sp³-hybridized carbons (Fsp3) is 0.125. The highest BCUT2D eigenvalue weighted by molar-refractivity contribution is 9.10. The molecule has 0 unspecified atom stereocenters. The number of para-hydroxylation sites is 1. The van der Waals surface area contributed by atoms with E-state index in [0.717, 1.165) is 21.1 Å². The summed E-state index contributed by atoms with van der Waals surface area (Å²) >= 11 is 3.30. The van der Waals surface area contributed by atoms with E-state index in [1.165, 1.54) is 0 Å². The average molecular weight is 212 g/mol.